The predicted molar refractivity (Wildman–Crippen MR) is 82.7 cm³/mol. The van der Waals surface area contributed by atoms with E-state index in [4.69, 9.17) is 5.11 Å². The number of alkyl halides is 2. The molecule has 0 bridgehead atoms. The van der Waals surface area contributed by atoms with Gasteiger partial charge in [0.05, 0.1) is 0 Å². The van der Waals surface area contributed by atoms with Gasteiger partial charge >= 0.3 is 12.6 Å². The highest BCUT2D eigenvalue weighted by molar-refractivity contribution is 7.89. The van der Waals surface area contributed by atoms with Crippen LogP contribution in [0.25, 0.3) is 0 Å². The third-order valence-corrected chi connectivity index (χ3v) is 5.16. The lowest BCUT2D eigenvalue weighted by atomic mass is 10.3. The highest BCUT2D eigenvalue weighted by atomic mass is 32.2. The average molecular weight is 380 g/mol. The SMILES string of the molecule is CC(=O)NCCN(C(C)C(=O)O)S(=O)(=O)c1ccccc1OC(F)F. The molecule has 0 spiro atoms. The topological polar surface area (TPSA) is 113 Å². The number of hydrogen-bond donors (Lipinski definition) is 2. The molecule has 11 heteroatoms. The van der Waals surface area contributed by atoms with Crippen molar-refractivity contribution in [3.05, 3.63) is 24.3 Å². The zero-order chi connectivity index (χ0) is 19.2. The van der Waals surface area contributed by atoms with Gasteiger partial charge in [0, 0.05) is 20.0 Å². The Labute approximate surface area is 143 Å². The van der Waals surface area contributed by atoms with E-state index >= 15 is 0 Å². The standard InChI is InChI=1S/C14H18F2N2O6S/c1-9(13(20)21)18(8-7-17-10(2)19)25(22,23)12-6-4-3-5-11(12)24-14(15)16/h3-6,9,14H,7-8H2,1-2H3,(H,17,19)(H,20,21). The molecule has 25 heavy (non-hydrogen) atoms. The molecule has 2 N–H and O–H groups in total. The average Bonchev–Trinajstić information content (AvgIpc) is 2.50. The number of halogens is 2. The minimum Gasteiger partial charge on any atom is -0.480 e. The number of para-hydroxylation sites is 1. The molecule has 0 saturated heterocycles. The summed E-state index contributed by atoms with van der Waals surface area (Å²) in [5.74, 6) is -2.46. The van der Waals surface area contributed by atoms with Gasteiger partial charge in [-0.25, -0.2) is 8.42 Å². The fourth-order valence-corrected chi connectivity index (χ4v) is 3.68. The van der Waals surface area contributed by atoms with Crippen LogP contribution in [-0.2, 0) is 19.6 Å². The third-order valence-electron chi connectivity index (χ3n) is 3.15. The van der Waals surface area contributed by atoms with Crippen molar-refractivity contribution in [2.45, 2.75) is 31.4 Å². The van der Waals surface area contributed by atoms with Gasteiger partial charge < -0.3 is 15.2 Å². The molecule has 1 atom stereocenters. The second-order valence-electron chi connectivity index (χ2n) is 4.94. The summed E-state index contributed by atoms with van der Waals surface area (Å²) >= 11 is 0. The third kappa shape index (κ3) is 5.64. The van der Waals surface area contributed by atoms with Gasteiger partial charge in [-0.1, -0.05) is 12.1 Å². The lowest BCUT2D eigenvalue weighted by Gasteiger charge is -2.26. The first-order chi connectivity index (χ1) is 11.6. The minimum absolute atomic E-state index is 0.149. The number of hydrogen-bond acceptors (Lipinski definition) is 5. The quantitative estimate of drug-likeness (QED) is 0.658. The number of amides is 1. The molecule has 1 aromatic carbocycles. The van der Waals surface area contributed by atoms with E-state index in [1.165, 1.54) is 19.1 Å². The molecular weight excluding hydrogens is 362 g/mol. The second kappa shape index (κ2) is 8.72. The van der Waals surface area contributed by atoms with Gasteiger partial charge in [-0.15, -0.1) is 0 Å². The van der Waals surface area contributed by atoms with E-state index in [2.05, 4.69) is 10.1 Å². The molecule has 1 rings (SSSR count). The fourth-order valence-electron chi connectivity index (χ4n) is 1.97. The largest absolute Gasteiger partial charge is 0.480 e. The molecule has 1 amide bonds. The van der Waals surface area contributed by atoms with Gasteiger partial charge in [0.2, 0.25) is 15.9 Å². The summed E-state index contributed by atoms with van der Waals surface area (Å²) in [4.78, 5) is 21.6. The summed E-state index contributed by atoms with van der Waals surface area (Å²) in [6.07, 6.45) is 0. The number of carbonyl (C=O) groups excluding carboxylic acids is 1. The summed E-state index contributed by atoms with van der Waals surface area (Å²) in [5.41, 5.74) is 0. The Balaban J connectivity index is 3.27. The maximum atomic E-state index is 12.8. The molecule has 0 saturated carbocycles. The van der Waals surface area contributed by atoms with E-state index in [0.717, 1.165) is 19.1 Å². The molecule has 0 aromatic heterocycles. The van der Waals surface area contributed by atoms with Crippen LogP contribution in [0.15, 0.2) is 29.2 Å². The van der Waals surface area contributed by atoms with Crippen LogP contribution in [0.3, 0.4) is 0 Å². The van der Waals surface area contributed by atoms with Crippen LogP contribution in [0.1, 0.15) is 13.8 Å². The zero-order valence-corrected chi connectivity index (χ0v) is 14.3. The molecule has 0 radical (unpaired) electrons. The van der Waals surface area contributed by atoms with Crippen molar-refractivity contribution in [2.75, 3.05) is 13.1 Å². The van der Waals surface area contributed by atoms with Crippen LogP contribution in [-0.4, -0.2) is 55.4 Å². The number of nitrogens with zero attached hydrogens (tertiary/aromatic N) is 1. The van der Waals surface area contributed by atoms with E-state index in [0.29, 0.717) is 4.31 Å². The lowest BCUT2D eigenvalue weighted by Crippen LogP contribution is -2.46. The summed E-state index contributed by atoms with van der Waals surface area (Å²) in [5, 5.41) is 11.5. The van der Waals surface area contributed by atoms with Crippen LogP contribution >= 0.6 is 0 Å². The van der Waals surface area contributed by atoms with Gasteiger partial charge in [-0.05, 0) is 19.1 Å². The van der Waals surface area contributed by atoms with Gasteiger partial charge in [-0.2, -0.15) is 13.1 Å². The molecule has 0 heterocycles. The number of nitrogens with one attached hydrogen (secondary N) is 1. The molecule has 1 aromatic rings. The number of carboxylic acid groups (broad SMARTS) is 1. The van der Waals surface area contributed by atoms with Crippen LogP contribution in [0, 0.1) is 0 Å². The normalized spacial score (nSPS) is 12.9. The number of ether oxygens (including phenoxy) is 1. The van der Waals surface area contributed by atoms with Crippen LogP contribution in [0.4, 0.5) is 8.78 Å². The summed E-state index contributed by atoms with van der Waals surface area (Å²) in [6.45, 7) is -1.42. The van der Waals surface area contributed by atoms with Gasteiger partial charge in [0.25, 0.3) is 0 Å². The zero-order valence-electron chi connectivity index (χ0n) is 13.5. The van der Waals surface area contributed by atoms with Crippen molar-refractivity contribution in [3.63, 3.8) is 0 Å². The van der Waals surface area contributed by atoms with Gasteiger partial charge in [0.1, 0.15) is 16.7 Å². The van der Waals surface area contributed by atoms with Crippen molar-refractivity contribution in [1.29, 1.82) is 0 Å². The minimum atomic E-state index is -4.48. The molecule has 0 aliphatic carbocycles. The first kappa shape index (κ1) is 20.8. The Morgan fingerprint density at radius 2 is 1.92 bits per heavy atom. The summed E-state index contributed by atoms with van der Waals surface area (Å²) in [7, 11) is -4.48. The Morgan fingerprint density at radius 3 is 2.44 bits per heavy atom. The Hall–Kier alpha value is -2.27. The number of aliphatic carboxylic acids is 1. The maximum Gasteiger partial charge on any atom is 0.387 e. The van der Waals surface area contributed by atoms with Crippen molar-refractivity contribution in [1.82, 2.24) is 9.62 Å². The Morgan fingerprint density at radius 1 is 1.32 bits per heavy atom. The van der Waals surface area contributed by atoms with Crippen LogP contribution < -0.4 is 10.1 Å². The van der Waals surface area contributed by atoms with E-state index < -0.39 is 45.2 Å². The van der Waals surface area contributed by atoms with Crippen molar-refractivity contribution < 1.29 is 36.6 Å². The van der Waals surface area contributed by atoms with Crippen LogP contribution in [0.5, 0.6) is 5.75 Å². The monoisotopic (exact) mass is 380 g/mol. The van der Waals surface area contributed by atoms with Crippen LogP contribution in [0.2, 0.25) is 0 Å². The summed E-state index contributed by atoms with van der Waals surface area (Å²) in [6, 6.07) is 3.18. The number of rotatable bonds is 9. The highest BCUT2D eigenvalue weighted by Crippen LogP contribution is 2.28. The highest BCUT2D eigenvalue weighted by Gasteiger charge is 2.35. The molecular formula is C14H18F2N2O6S. The molecule has 0 fully saturated rings. The first-order valence-corrected chi connectivity index (χ1v) is 8.54. The molecule has 0 aliphatic heterocycles. The number of carbonyl (C=O) groups is 2. The van der Waals surface area contributed by atoms with E-state index in [1.807, 2.05) is 0 Å². The van der Waals surface area contributed by atoms with E-state index in [1.54, 1.807) is 0 Å². The maximum absolute atomic E-state index is 12.8. The smallest absolute Gasteiger partial charge is 0.387 e. The summed E-state index contributed by atoms with van der Waals surface area (Å²) < 4.78 is 55.4. The van der Waals surface area contributed by atoms with Gasteiger partial charge in [-0.3, -0.25) is 9.59 Å². The molecule has 1 unspecified atom stereocenters. The van der Waals surface area contributed by atoms with Gasteiger partial charge in [0.15, 0.2) is 0 Å². The van der Waals surface area contributed by atoms with Crippen molar-refractivity contribution >= 4 is 21.9 Å². The molecule has 0 aliphatic rings. The van der Waals surface area contributed by atoms with E-state index in [9.17, 15) is 26.8 Å². The predicted octanol–water partition coefficient (Wildman–Crippen LogP) is 0.888. The number of sulfonamides is 1. The molecule has 140 valence electrons. The Bertz CT molecular complexity index is 726. The Kier molecular flexibility index (Phi) is 7.24. The number of carboxylic acids is 1. The number of benzene rings is 1. The fraction of sp³-hybridized carbons (Fsp3) is 0.429. The van der Waals surface area contributed by atoms with Crippen molar-refractivity contribution in [2.24, 2.45) is 0 Å². The molecule has 8 nitrogen and oxygen atoms in total. The second-order valence-corrected chi connectivity index (χ2v) is 6.80. The lowest BCUT2D eigenvalue weighted by molar-refractivity contribution is -0.140. The first-order valence-electron chi connectivity index (χ1n) is 7.10. The van der Waals surface area contributed by atoms with E-state index in [-0.39, 0.29) is 13.1 Å². The van der Waals surface area contributed by atoms with Crippen molar-refractivity contribution in [3.8, 4) is 5.75 Å².